The SMILES string of the molecule is COc1cc(C(CCC2CCCO2)NN)ncn1. The summed E-state index contributed by atoms with van der Waals surface area (Å²) in [5.74, 6) is 6.14. The number of nitrogens with zero attached hydrogens (tertiary/aromatic N) is 2. The number of methoxy groups -OCH3 is 1. The van der Waals surface area contributed by atoms with E-state index < -0.39 is 0 Å². The first-order valence-corrected chi connectivity index (χ1v) is 6.27. The molecule has 6 heteroatoms. The van der Waals surface area contributed by atoms with E-state index >= 15 is 0 Å². The van der Waals surface area contributed by atoms with Crippen molar-refractivity contribution < 1.29 is 9.47 Å². The van der Waals surface area contributed by atoms with E-state index in [1.54, 1.807) is 13.2 Å². The third-order valence-corrected chi connectivity index (χ3v) is 3.23. The van der Waals surface area contributed by atoms with Crippen molar-refractivity contribution in [3.63, 3.8) is 0 Å². The number of hydrogen-bond acceptors (Lipinski definition) is 6. The second-order valence-corrected chi connectivity index (χ2v) is 4.42. The minimum absolute atomic E-state index is 0.00565. The topological polar surface area (TPSA) is 82.3 Å². The maximum Gasteiger partial charge on any atom is 0.216 e. The van der Waals surface area contributed by atoms with Gasteiger partial charge in [-0.15, -0.1) is 0 Å². The van der Waals surface area contributed by atoms with Gasteiger partial charge >= 0.3 is 0 Å². The Morgan fingerprint density at radius 2 is 2.50 bits per heavy atom. The highest BCUT2D eigenvalue weighted by Crippen LogP contribution is 2.23. The van der Waals surface area contributed by atoms with Gasteiger partial charge in [0.25, 0.3) is 0 Å². The molecule has 0 saturated carbocycles. The maximum atomic E-state index is 5.60. The number of aromatic nitrogens is 2. The molecule has 0 aliphatic carbocycles. The van der Waals surface area contributed by atoms with Crippen molar-refractivity contribution in [3.05, 3.63) is 18.1 Å². The van der Waals surface area contributed by atoms with Crippen LogP contribution in [0.15, 0.2) is 12.4 Å². The van der Waals surface area contributed by atoms with Gasteiger partial charge < -0.3 is 9.47 Å². The van der Waals surface area contributed by atoms with Crippen molar-refractivity contribution in [1.82, 2.24) is 15.4 Å². The van der Waals surface area contributed by atoms with Gasteiger partial charge in [-0.1, -0.05) is 0 Å². The molecule has 100 valence electrons. The molecule has 1 aromatic heterocycles. The van der Waals surface area contributed by atoms with E-state index in [1.165, 1.54) is 6.33 Å². The Labute approximate surface area is 107 Å². The lowest BCUT2D eigenvalue weighted by Crippen LogP contribution is -2.29. The molecule has 2 unspecified atom stereocenters. The van der Waals surface area contributed by atoms with Crippen LogP contribution in [-0.4, -0.2) is 29.8 Å². The average Bonchev–Trinajstić information content (AvgIpc) is 2.93. The number of ether oxygens (including phenoxy) is 2. The third-order valence-electron chi connectivity index (χ3n) is 3.23. The highest BCUT2D eigenvalue weighted by atomic mass is 16.5. The summed E-state index contributed by atoms with van der Waals surface area (Å²) in [5.41, 5.74) is 3.64. The van der Waals surface area contributed by atoms with E-state index in [4.69, 9.17) is 15.3 Å². The molecule has 0 bridgehead atoms. The zero-order valence-corrected chi connectivity index (χ0v) is 10.6. The van der Waals surface area contributed by atoms with E-state index in [-0.39, 0.29) is 6.04 Å². The third kappa shape index (κ3) is 3.38. The molecule has 6 nitrogen and oxygen atoms in total. The van der Waals surface area contributed by atoms with Crippen molar-refractivity contribution in [2.24, 2.45) is 5.84 Å². The van der Waals surface area contributed by atoms with E-state index in [9.17, 15) is 0 Å². The van der Waals surface area contributed by atoms with Gasteiger partial charge in [-0.05, 0) is 25.7 Å². The quantitative estimate of drug-likeness (QED) is 0.579. The Morgan fingerprint density at radius 1 is 1.61 bits per heavy atom. The summed E-state index contributed by atoms with van der Waals surface area (Å²) in [4.78, 5) is 8.21. The second-order valence-electron chi connectivity index (χ2n) is 4.42. The molecule has 0 radical (unpaired) electrons. The van der Waals surface area contributed by atoms with Gasteiger partial charge in [0.1, 0.15) is 6.33 Å². The smallest absolute Gasteiger partial charge is 0.216 e. The van der Waals surface area contributed by atoms with Gasteiger partial charge in [-0.3, -0.25) is 11.3 Å². The zero-order valence-electron chi connectivity index (χ0n) is 10.6. The van der Waals surface area contributed by atoms with E-state index in [0.29, 0.717) is 12.0 Å². The molecular formula is C12H20N4O2. The van der Waals surface area contributed by atoms with Gasteiger partial charge in [0.15, 0.2) is 0 Å². The highest BCUT2D eigenvalue weighted by molar-refractivity contribution is 5.16. The molecule has 0 spiro atoms. The summed E-state index contributed by atoms with van der Waals surface area (Å²) in [7, 11) is 1.59. The van der Waals surface area contributed by atoms with Crippen LogP contribution in [-0.2, 0) is 4.74 Å². The molecule has 18 heavy (non-hydrogen) atoms. The fourth-order valence-corrected chi connectivity index (χ4v) is 2.20. The van der Waals surface area contributed by atoms with Crippen LogP contribution < -0.4 is 16.0 Å². The van der Waals surface area contributed by atoms with E-state index in [0.717, 1.165) is 38.0 Å². The van der Waals surface area contributed by atoms with Crippen LogP contribution in [0.3, 0.4) is 0 Å². The van der Waals surface area contributed by atoms with Crippen molar-refractivity contribution >= 4 is 0 Å². The number of hydrazine groups is 1. The summed E-state index contributed by atoms with van der Waals surface area (Å²) >= 11 is 0. The molecule has 2 heterocycles. The molecule has 1 aliphatic rings. The maximum absolute atomic E-state index is 5.60. The van der Waals surface area contributed by atoms with Crippen LogP contribution in [0.4, 0.5) is 0 Å². The van der Waals surface area contributed by atoms with Gasteiger partial charge in [-0.2, -0.15) is 0 Å². The molecule has 1 aromatic rings. The molecule has 2 atom stereocenters. The van der Waals surface area contributed by atoms with Crippen molar-refractivity contribution in [3.8, 4) is 5.88 Å². The molecule has 3 N–H and O–H groups in total. The summed E-state index contributed by atoms with van der Waals surface area (Å²) in [6.07, 6.45) is 6.04. The highest BCUT2D eigenvalue weighted by Gasteiger charge is 2.19. The lowest BCUT2D eigenvalue weighted by atomic mass is 10.0. The first-order chi connectivity index (χ1) is 8.83. The Kier molecular flexibility index (Phi) is 4.86. The number of rotatable bonds is 6. The Hall–Kier alpha value is -1.24. The Bertz CT molecular complexity index is 369. The molecule has 1 aliphatic heterocycles. The van der Waals surface area contributed by atoms with Crippen LogP contribution in [0.25, 0.3) is 0 Å². The van der Waals surface area contributed by atoms with Gasteiger partial charge in [0, 0.05) is 12.7 Å². The summed E-state index contributed by atoms with van der Waals surface area (Å²) in [5, 5.41) is 0. The minimum atomic E-state index is 0.00565. The summed E-state index contributed by atoms with van der Waals surface area (Å²) in [6, 6.07) is 1.81. The number of nitrogens with two attached hydrogens (primary N) is 1. The normalized spacial score (nSPS) is 20.9. The average molecular weight is 252 g/mol. The summed E-state index contributed by atoms with van der Waals surface area (Å²) < 4.78 is 10.7. The summed E-state index contributed by atoms with van der Waals surface area (Å²) in [6.45, 7) is 0.882. The molecular weight excluding hydrogens is 232 g/mol. The monoisotopic (exact) mass is 252 g/mol. The fraction of sp³-hybridized carbons (Fsp3) is 0.667. The molecule has 2 rings (SSSR count). The van der Waals surface area contributed by atoms with Crippen LogP contribution in [0.2, 0.25) is 0 Å². The van der Waals surface area contributed by atoms with Crippen molar-refractivity contribution in [2.75, 3.05) is 13.7 Å². The molecule has 1 fully saturated rings. The predicted molar refractivity (Wildman–Crippen MR) is 66.9 cm³/mol. The Morgan fingerprint density at radius 3 is 3.17 bits per heavy atom. The van der Waals surface area contributed by atoms with Gasteiger partial charge in [0.05, 0.1) is 24.9 Å². The standard InChI is InChI=1S/C12H20N4O2/c1-17-12-7-11(14-8-15-12)10(16-13)5-4-9-3-2-6-18-9/h7-10,16H,2-6,13H2,1H3. The minimum Gasteiger partial charge on any atom is -0.481 e. The number of hydrogen-bond donors (Lipinski definition) is 2. The lowest BCUT2D eigenvalue weighted by molar-refractivity contribution is 0.0994. The van der Waals surface area contributed by atoms with Crippen LogP contribution in [0, 0.1) is 0 Å². The Balaban J connectivity index is 1.93. The predicted octanol–water partition coefficient (Wildman–Crippen LogP) is 0.949. The molecule has 0 amide bonds. The van der Waals surface area contributed by atoms with Crippen molar-refractivity contribution in [1.29, 1.82) is 0 Å². The van der Waals surface area contributed by atoms with E-state index in [2.05, 4.69) is 15.4 Å². The van der Waals surface area contributed by atoms with Crippen LogP contribution >= 0.6 is 0 Å². The second kappa shape index (κ2) is 6.63. The lowest BCUT2D eigenvalue weighted by Gasteiger charge is -2.17. The first-order valence-electron chi connectivity index (χ1n) is 6.27. The van der Waals surface area contributed by atoms with Crippen molar-refractivity contribution in [2.45, 2.75) is 37.8 Å². The van der Waals surface area contributed by atoms with E-state index in [1.807, 2.05) is 0 Å². The van der Waals surface area contributed by atoms with Gasteiger partial charge in [0.2, 0.25) is 5.88 Å². The van der Waals surface area contributed by atoms with Gasteiger partial charge in [-0.25, -0.2) is 9.97 Å². The molecule has 0 aromatic carbocycles. The molecule has 1 saturated heterocycles. The van der Waals surface area contributed by atoms with Crippen LogP contribution in [0.1, 0.15) is 37.4 Å². The largest absolute Gasteiger partial charge is 0.481 e. The fourth-order valence-electron chi connectivity index (χ4n) is 2.20. The zero-order chi connectivity index (χ0) is 12.8. The number of nitrogens with one attached hydrogen (secondary N) is 1. The first kappa shape index (κ1) is 13.2. The van der Waals surface area contributed by atoms with Crippen LogP contribution in [0.5, 0.6) is 5.88 Å².